The average molecular weight is 440 g/mol. The molecule has 1 N–H and O–H groups in total. The first-order valence-electron chi connectivity index (χ1n) is 9.21. The first-order valence-corrected chi connectivity index (χ1v) is 10.0. The van der Waals surface area contributed by atoms with E-state index in [1.54, 1.807) is 7.11 Å². The van der Waals surface area contributed by atoms with Gasteiger partial charge in [-0.05, 0) is 48.5 Å². The molecule has 0 unspecified atom stereocenters. The molecule has 0 aliphatic carbocycles. The summed E-state index contributed by atoms with van der Waals surface area (Å²) in [7, 11) is 1.59. The number of carbonyl (C=O) groups excluding carboxylic acids is 1. The second-order valence-electron chi connectivity index (χ2n) is 6.44. The van der Waals surface area contributed by atoms with Crippen LogP contribution in [0.1, 0.15) is 5.69 Å². The van der Waals surface area contributed by atoms with E-state index in [0.717, 1.165) is 11.3 Å². The van der Waals surface area contributed by atoms with E-state index < -0.39 is 5.91 Å². The lowest BCUT2D eigenvalue weighted by molar-refractivity contribution is -0.123. The molecule has 4 rings (SSSR count). The summed E-state index contributed by atoms with van der Waals surface area (Å²) in [6, 6.07) is 14.0. The summed E-state index contributed by atoms with van der Waals surface area (Å²) >= 11 is 1.27. The van der Waals surface area contributed by atoms with Crippen molar-refractivity contribution in [3.63, 3.8) is 0 Å². The minimum atomic E-state index is -0.394. The van der Waals surface area contributed by atoms with Crippen LogP contribution in [-0.2, 0) is 11.3 Å². The molecule has 158 valence electrons. The Kier molecular flexibility index (Phi) is 5.89. The van der Waals surface area contributed by atoms with E-state index >= 15 is 0 Å². The highest BCUT2D eigenvalue weighted by atomic mass is 32.1. The van der Waals surface area contributed by atoms with E-state index in [4.69, 9.17) is 9.47 Å². The Hall–Kier alpha value is -3.79. The third-order valence-corrected chi connectivity index (χ3v) is 5.24. The van der Waals surface area contributed by atoms with Crippen LogP contribution in [0.2, 0.25) is 0 Å². The number of amides is 1. The Morgan fingerprint density at radius 2 is 1.84 bits per heavy atom. The number of nitrogens with one attached hydrogen (secondary N) is 1. The SMILES string of the molecule is COc1ccc(-c2nn3c(=O)cc(CNC(=O)COc4ccc(F)cc4)nc3s2)cc1. The normalized spacial score (nSPS) is 10.8. The molecule has 31 heavy (non-hydrogen) atoms. The van der Waals surface area contributed by atoms with Crippen molar-refractivity contribution in [3.8, 4) is 22.1 Å². The maximum absolute atomic E-state index is 12.9. The lowest BCUT2D eigenvalue weighted by Gasteiger charge is -2.07. The van der Waals surface area contributed by atoms with Crippen LogP contribution in [-0.4, -0.2) is 34.2 Å². The number of fused-ring (bicyclic) bond motifs is 1. The lowest BCUT2D eigenvalue weighted by Crippen LogP contribution is -2.29. The van der Waals surface area contributed by atoms with Crippen molar-refractivity contribution in [2.75, 3.05) is 13.7 Å². The van der Waals surface area contributed by atoms with Crippen LogP contribution in [0.15, 0.2) is 59.4 Å². The Balaban J connectivity index is 1.42. The number of ether oxygens (including phenoxy) is 2. The molecule has 0 bridgehead atoms. The van der Waals surface area contributed by atoms with Crippen LogP contribution in [0.25, 0.3) is 15.5 Å². The maximum Gasteiger partial charge on any atom is 0.275 e. The molecular formula is C21H17FN4O4S. The Morgan fingerprint density at radius 1 is 1.13 bits per heavy atom. The lowest BCUT2D eigenvalue weighted by atomic mass is 10.2. The molecule has 0 saturated carbocycles. The van der Waals surface area contributed by atoms with Crippen LogP contribution < -0.4 is 20.3 Å². The second-order valence-corrected chi connectivity index (χ2v) is 7.39. The smallest absolute Gasteiger partial charge is 0.275 e. The fourth-order valence-corrected chi connectivity index (χ4v) is 3.65. The van der Waals surface area contributed by atoms with Gasteiger partial charge in [-0.2, -0.15) is 9.61 Å². The number of rotatable bonds is 7. The van der Waals surface area contributed by atoms with Crippen molar-refractivity contribution in [3.05, 3.63) is 76.5 Å². The number of hydrogen-bond acceptors (Lipinski definition) is 7. The molecule has 2 aromatic heterocycles. The van der Waals surface area contributed by atoms with Crippen molar-refractivity contribution in [2.24, 2.45) is 0 Å². The van der Waals surface area contributed by atoms with Crippen LogP contribution in [0.4, 0.5) is 4.39 Å². The molecule has 2 heterocycles. The Morgan fingerprint density at radius 3 is 2.55 bits per heavy atom. The second kappa shape index (κ2) is 8.92. The average Bonchev–Trinajstić information content (AvgIpc) is 3.22. The predicted octanol–water partition coefficient (Wildman–Crippen LogP) is 2.66. The molecule has 8 nitrogen and oxygen atoms in total. The van der Waals surface area contributed by atoms with E-state index in [0.29, 0.717) is 21.4 Å². The van der Waals surface area contributed by atoms with Crippen LogP contribution in [0.3, 0.4) is 0 Å². The quantitative estimate of drug-likeness (QED) is 0.475. The van der Waals surface area contributed by atoms with E-state index in [1.165, 1.54) is 46.2 Å². The molecule has 0 saturated heterocycles. The van der Waals surface area contributed by atoms with Crippen molar-refractivity contribution in [2.45, 2.75) is 6.54 Å². The van der Waals surface area contributed by atoms with Gasteiger partial charge in [-0.25, -0.2) is 9.37 Å². The minimum Gasteiger partial charge on any atom is -0.497 e. The van der Waals surface area contributed by atoms with Crippen molar-refractivity contribution in [1.29, 1.82) is 0 Å². The number of hydrogen-bond donors (Lipinski definition) is 1. The third kappa shape index (κ3) is 4.86. The summed E-state index contributed by atoms with van der Waals surface area (Å²) in [6.45, 7) is -0.178. The fraction of sp³-hybridized carbons (Fsp3) is 0.143. The highest BCUT2D eigenvalue weighted by molar-refractivity contribution is 7.19. The van der Waals surface area contributed by atoms with Gasteiger partial charge in [-0.3, -0.25) is 9.59 Å². The van der Waals surface area contributed by atoms with Crippen LogP contribution >= 0.6 is 11.3 Å². The zero-order valence-corrected chi connectivity index (χ0v) is 17.2. The van der Waals surface area contributed by atoms with Crippen molar-refractivity contribution in [1.82, 2.24) is 19.9 Å². The van der Waals surface area contributed by atoms with E-state index in [-0.39, 0.29) is 24.5 Å². The van der Waals surface area contributed by atoms with Gasteiger partial charge in [0, 0.05) is 11.6 Å². The van der Waals surface area contributed by atoms with Gasteiger partial charge in [0.1, 0.15) is 22.3 Å². The molecule has 2 aromatic carbocycles. The first-order chi connectivity index (χ1) is 15.0. The summed E-state index contributed by atoms with van der Waals surface area (Å²) in [5, 5.41) is 7.61. The molecule has 0 aliphatic heterocycles. The van der Waals surface area contributed by atoms with Gasteiger partial charge in [-0.15, -0.1) is 0 Å². The molecule has 0 fully saturated rings. The number of methoxy groups -OCH3 is 1. The highest BCUT2D eigenvalue weighted by Crippen LogP contribution is 2.26. The molecule has 0 aliphatic rings. The summed E-state index contributed by atoms with van der Waals surface area (Å²) in [5.41, 5.74) is 0.904. The summed E-state index contributed by atoms with van der Waals surface area (Å²) in [6.07, 6.45) is 0. The Labute approximate surface area is 179 Å². The topological polar surface area (TPSA) is 94.8 Å². The molecule has 0 atom stereocenters. The number of halogens is 1. The molecule has 10 heteroatoms. The molecular weight excluding hydrogens is 423 g/mol. The van der Waals surface area contributed by atoms with Gasteiger partial charge in [0.05, 0.1) is 19.3 Å². The zero-order chi connectivity index (χ0) is 21.8. The van der Waals surface area contributed by atoms with Crippen molar-refractivity contribution < 1.29 is 18.7 Å². The summed E-state index contributed by atoms with van der Waals surface area (Å²) in [4.78, 5) is 29.2. The minimum absolute atomic E-state index is 0.0626. The van der Waals surface area contributed by atoms with Gasteiger partial charge >= 0.3 is 0 Å². The number of benzene rings is 2. The van der Waals surface area contributed by atoms with Gasteiger partial charge in [0.2, 0.25) is 4.96 Å². The summed E-state index contributed by atoms with van der Waals surface area (Å²) < 4.78 is 24.6. The fourth-order valence-electron chi connectivity index (χ4n) is 2.72. The first kappa shape index (κ1) is 20.5. The van der Waals surface area contributed by atoms with Crippen LogP contribution in [0.5, 0.6) is 11.5 Å². The summed E-state index contributed by atoms with van der Waals surface area (Å²) in [5.74, 6) is 0.323. The van der Waals surface area contributed by atoms with Crippen molar-refractivity contribution >= 4 is 22.2 Å². The Bertz CT molecular complexity index is 1270. The predicted molar refractivity (Wildman–Crippen MR) is 113 cm³/mol. The molecule has 1 amide bonds. The number of aromatic nitrogens is 3. The highest BCUT2D eigenvalue weighted by Gasteiger charge is 2.12. The molecule has 4 aromatic rings. The number of nitrogens with zero attached hydrogens (tertiary/aromatic N) is 3. The van der Waals surface area contributed by atoms with Gasteiger partial charge in [0.15, 0.2) is 6.61 Å². The third-order valence-electron chi connectivity index (χ3n) is 4.29. The van der Waals surface area contributed by atoms with E-state index in [2.05, 4.69) is 15.4 Å². The maximum atomic E-state index is 12.9. The van der Waals surface area contributed by atoms with Gasteiger partial charge < -0.3 is 14.8 Å². The van der Waals surface area contributed by atoms with E-state index in [9.17, 15) is 14.0 Å². The zero-order valence-electron chi connectivity index (χ0n) is 16.4. The number of carbonyl (C=O) groups is 1. The molecule has 0 spiro atoms. The largest absolute Gasteiger partial charge is 0.497 e. The standard InChI is InChI=1S/C21H17FN4O4S/c1-29-16-6-2-13(3-7-16)20-25-26-19(28)10-15(24-21(26)31-20)11-23-18(27)12-30-17-8-4-14(22)5-9-17/h2-10H,11-12H2,1H3,(H,23,27). The van der Waals surface area contributed by atoms with E-state index in [1.807, 2.05) is 24.3 Å². The van der Waals surface area contributed by atoms with Gasteiger partial charge in [0.25, 0.3) is 11.5 Å². The molecule has 0 radical (unpaired) electrons. The van der Waals surface area contributed by atoms with Crippen LogP contribution in [0, 0.1) is 5.82 Å². The van der Waals surface area contributed by atoms with Gasteiger partial charge in [-0.1, -0.05) is 11.3 Å². The monoisotopic (exact) mass is 440 g/mol.